The van der Waals surface area contributed by atoms with Gasteiger partial charge in [-0.1, -0.05) is 18.2 Å². The third-order valence-corrected chi connectivity index (χ3v) is 4.48. The van der Waals surface area contributed by atoms with Crippen molar-refractivity contribution in [1.82, 2.24) is 0 Å². The molecule has 1 unspecified atom stereocenters. The normalized spacial score (nSPS) is 17.1. The van der Waals surface area contributed by atoms with Gasteiger partial charge in [-0.15, -0.1) is 0 Å². The average molecular weight is 341 g/mol. The molecule has 2 aromatic rings. The Morgan fingerprint density at radius 2 is 1.96 bits per heavy atom. The summed E-state index contributed by atoms with van der Waals surface area (Å²) in [6, 6.07) is 11.0. The minimum absolute atomic E-state index is 0.222. The molecule has 1 aliphatic heterocycles. The maximum atomic E-state index is 12.0. The topological polar surface area (TPSA) is 70.8 Å². The summed E-state index contributed by atoms with van der Waals surface area (Å²) in [7, 11) is 1.37. The number of nitrogen functional groups attached to an aromatic ring is 1. The first-order valence-electron chi connectivity index (χ1n) is 8.47. The molecule has 132 valence electrons. The summed E-state index contributed by atoms with van der Waals surface area (Å²) in [5.41, 5.74) is 9.80. The van der Waals surface area contributed by atoms with Gasteiger partial charge in [-0.25, -0.2) is 4.79 Å². The Morgan fingerprint density at radius 3 is 2.68 bits per heavy atom. The van der Waals surface area contributed by atoms with Crippen molar-refractivity contribution in [2.24, 2.45) is 0 Å². The lowest BCUT2D eigenvalue weighted by Gasteiger charge is -2.25. The van der Waals surface area contributed by atoms with Crippen molar-refractivity contribution in [3.63, 3.8) is 0 Å². The number of rotatable bonds is 4. The van der Waals surface area contributed by atoms with E-state index in [0.717, 1.165) is 42.6 Å². The highest BCUT2D eigenvalue weighted by molar-refractivity contribution is 5.99. The molecule has 0 aliphatic carbocycles. The molecule has 25 heavy (non-hydrogen) atoms. The highest BCUT2D eigenvalue weighted by atomic mass is 16.7. The predicted octanol–water partition coefficient (Wildman–Crippen LogP) is 3.94. The highest BCUT2D eigenvalue weighted by Gasteiger charge is 2.20. The smallest absolute Gasteiger partial charge is 0.338 e. The Labute approximate surface area is 147 Å². The van der Waals surface area contributed by atoms with Crippen LogP contribution in [0.2, 0.25) is 0 Å². The second-order valence-corrected chi connectivity index (χ2v) is 6.10. The Balaban J connectivity index is 1.94. The number of hydrogen-bond acceptors (Lipinski definition) is 5. The molecule has 0 amide bonds. The lowest BCUT2D eigenvalue weighted by atomic mass is 9.96. The second-order valence-electron chi connectivity index (χ2n) is 6.10. The molecule has 2 N–H and O–H groups in total. The number of methoxy groups -OCH3 is 1. The molecular formula is C20H23NO4. The zero-order valence-corrected chi connectivity index (χ0v) is 14.6. The Morgan fingerprint density at radius 1 is 1.16 bits per heavy atom. The van der Waals surface area contributed by atoms with Crippen molar-refractivity contribution in [2.45, 2.75) is 32.5 Å². The van der Waals surface area contributed by atoms with E-state index in [2.05, 4.69) is 0 Å². The lowest BCUT2D eigenvalue weighted by Crippen LogP contribution is -2.25. The number of benzene rings is 2. The van der Waals surface area contributed by atoms with Crippen LogP contribution in [0.1, 0.15) is 35.2 Å². The van der Waals surface area contributed by atoms with E-state index in [1.165, 1.54) is 7.11 Å². The number of carbonyl (C=O) groups excluding carboxylic acids is 1. The SMILES string of the molecule is COC(=O)c1ccccc1-c1ccc(OC2CCCCO2)c(C)c1N. The molecule has 2 aromatic carbocycles. The van der Waals surface area contributed by atoms with Crippen molar-refractivity contribution in [2.75, 3.05) is 19.5 Å². The van der Waals surface area contributed by atoms with Crippen LogP contribution in [0, 0.1) is 6.92 Å². The quantitative estimate of drug-likeness (QED) is 0.674. The molecule has 5 heteroatoms. The van der Waals surface area contributed by atoms with E-state index in [1.54, 1.807) is 12.1 Å². The number of hydrogen-bond donors (Lipinski definition) is 1. The first-order valence-corrected chi connectivity index (χ1v) is 8.47. The van der Waals surface area contributed by atoms with Gasteiger partial charge in [0.05, 0.1) is 19.3 Å². The molecule has 1 aliphatic rings. The fourth-order valence-corrected chi connectivity index (χ4v) is 3.02. The number of nitrogens with two attached hydrogens (primary N) is 1. The van der Waals surface area contributed by atoms with Gasteiger partial charge in [0.15, 0.2) is 6.29 Å². The third kappa shape index (κ3) is 3.61. The fourth-order valence-electron chi connectivity index (χ4n) is 3.02. The van der Waals surface area contributed by atoms with Gasteiger partial charge in [-0.05, 0) is 43.5 Å². The van der Waals surface area contributed by atoms with E-state index in [4.69, 9.17) is 19.9 Å². The van der Waals surface area contributed by atoms with E-state index in [0.29, 0.717) is 17.0 Å². The summed E-state index contributed by atoms with van der Waals surface area (Å²) in [5.74, 6) is 0.326. The summed E-state index contributed by atoms with van der Waals surface area (Å²) in [6.07, 6.45) is 2.83. The zero-order chi connectivity index (χ0) is 17.8. The molecule has 1 fully saturated rings. The molecule has 1 atom stereocenters. The van der Waals surface area contributed by atoms with Crippen molar-refractivity contribution in [3.8, 4) is 16.9 Å². The van der Waals surface area contributed by atoms with Crippen LogP contribution in [0.15, 0.2) is 36.4 Å². The lowest BCUT2D eigenvalue weighted by molar-refractivity contribution is -0.106. The molecule has 1 heterocycles. The van der Waals surface area contributed by atoms with Crippen LogP contribution in [-0.2, 0) is 9.47 Å². The van der Waals surface area contributed by atoms with Crippen molar-refractivity contribution in [1.29, 1.82) is 0 Å². The molecule has 5 nitrogen and oxygen atoms in total. The first-order chi connectivity index (χ1) is 12.1. The summed E-state index contributed by atoms with van der Waals surface area (Å²) < 4.78 is 16.5. The van der Waals surface area contributed by atoms with Crippen LogP contribution in [0.5, 0.6) is 5.75 Å². The largest absolute Gasteiger partial charge is 0.465 e. The number of esters is 1. The second kappa shape index (κ2) is 7.57. The minimum atomic E-state index is -0.386. The number of anilines is 1. The van der Waals surface area contributed by atoms with Crippen LogP contribution in [-0.4, -0.2) is 26.0 Å². The third-order valence-electron chi connectivity index (χ3n) is 4.48. The average Bonchev–Trinajstić information content (AvgIpc) is 2.66. The Hall–Kier alpha value is -2.53. The summed E-state index contributed by atoms with van der Waals surface area (Å²) in [5, 5.41) is 0. The van der Waals surface area contributed by atoms with E-state index >= 15 is 0 Å². The molecule has 0 aromatic heterocycles. The standard InChI is InChI=1S/C20H23NO4/c1-13-17(25-18-9-5-6-12-24-18)11-10-15(19(13)21)14-7-3-4-8-16(14)20(22)23-2/h3-4,7-8,10-11,18H,5-6,9,12,21H2,1-2H3. The maximum Gasteiger partial charge on any atom is 0.338 e. The van der Waals surface area contributed by atoms with Crippen LogP contribution in [0.4, 0.5) is 5.69 Å². The first kappa shape index (κ1) is 17.3. The zero-order valence-electron chi connectivity index (χ0n) is 14.6. The van der Waals surface area contributed by atoms with E-state index in [-0.39, 0.29) is 12.3 Å². The molecule has 0 bridgehead atoms. The van der Waals surface area contributed by atoms with Gasteiger partial charge in [-0.2, -0.15) is 0 Å². The molecule has 3 rings (SSSR count). The monoisotopic (exact) mass is 341 g/mol. The summed E-state index contributed by atoms with van der Waals surface area (Å²) >= 11 is 0. The van der Waals surface area contributed by atoms with Gasteiger partial charge in [0.25, 0.3) is 0 Å². The summed E-state index contributed by atoms with van der Waals surface area (Å²) in [4.78, 5) is 12.0. The van der Waals surface area contributed by atoms with Crippen molar-refractivity contribution >= 4 is 11.7 Å². The molecule has 0 radical (unpaired) electrons. The molecular weight excluding hydrogens is 318 g/mol. The predicted molar refractivity (Wildman–Crippen MR) is 96.6 cm³/mol. The van der Waals surface area contributed by atoms with Gasteiger partial charge in [0.2, 0.25) is 0 Å². The molecule has 0 saturated carbocycles. The Kier molecular flexibility index (Phi) is 5.24. The van der Waals surface area contributed by atoms with Crippen molar-refractivity contribution < 1.29 is 19.0 Å². The van der Waals surface area contributed by atoms with Gasteiger partial charge in [-0.3, -0.25) is 0 Å². The van der Waals surface area contributed by atoms with Crippen LogP contribution in [0.25, 0.3) is 11.1 Å². The number of ether oxygens (including phenoxy) is 3. The molecule has 0 spiro atoms. The summed E-state index contributed by atoms with van der Waals surface area (Å²) in [6.45, 7) is 2.64. The van der Waals surface area contributed by atoms with Crippen LogP contribution in [0.3, 0.4) is 0 Å². The molecule has 1 saturated heterocycles. The van der Waals surface area contributed by atoms with Crippen LogP contribution < -0.4 is 10.5 Å². The van der Waals surface area contributed by atoms with E-state index in [1.807, 2.05) is 31.2 Å². The highest BCUT2D eigenvalue weighted by Crippen LogP contribution is 2.36. The fraction of sp³-hybridized carbons (Fsp3) is 0.350. The van der Waals surface area contributed by atoms with E-state index in [9.17, 15) is 4.79 Å². The Bertz CT molecular complexity index is 766. The van der Waals surface area contributed by atoms with Gasteiger partial charge >= 0.3 is 5.97 Å². The maximum absolute atomic E-state index is 12.0. The van der Waals surface area contributed by atoms with Gasteiger partial charge in [0.1, 0.15) is 5.75 Å². The van der Waals surface area contributed by atoms with Crippen LogP contribution >= 0.6 is 0 Å². The number of carbonyl (C=O) groups is 1. The van der Waals surface area contributed by atoms with Gasteiger partial charge in [0, 0.05) is 23.2 Å². The van der Waals surface area contributed by atoms with E-state index < -0.39 is 0 Å². The van der Waals surface area contributed by atoms with Gasteiger partial charge < -0.3 is 19.9 Å². The van der Waals surface area contributed by atoms with Crippen molar-refractivity contribution in [3.05, 3.63) is 47.5 Å². The minimum Gasteiger partial charge on any atom is -0.465 e.